The van der Waals surface area contributed by atoms with Crippen LogP contribution in [-0.4, -0.2) is 10.6 Å². The second kappa shape index (κ2) is 11.4. The lowest BCUT2D eigenvalue weighted by molar-refractivity contribution is 0.656. The van der Waals surface area contributed by atoms with Crippen molar-refractivity contribution in [1.82, 2.24) is 4.57 Å². The van der Waals surface area contributed by atoms with Gasteiger partial charge in [-0.05, 0) is 112 Å². The van der Waals surface area contributed by atoms with Gasteiger partial charge in [0.2, 0.25) is 0 Å². The van der Waals surface area contributed by atoms with E-state index in [4.69, 9.17) is 0 Å². The highest BCUT2D eigenvalue weighted by Crippen LogP contribution is 2.48. The minimum absolute atomic E-state index is 0.104. The minimum atomic E-state index is 0.104. The van der Waals surface area contributed by atoms with Crippen LogP contribution in [0.2, 0.25) is 0 Å². The van der Waals surface area contributed by atoms with Crippen LogP contribution in [0.3, 0.4) is 0 Å². The van der Waals surface area contributed by atoms with E-state index in [9.17, 15) is 5.26 Å². The molecule has 3 aliphatic carbocycles. The number of nitrogens with zero attached hydrogens (tertiary/aromatic N) is 3. The molecule has 10 rings (SSSR count). The Bertz CT molecular complexity index is 2660. The summed E-state index contributed by atoms with van der Waals surface area (Å²) in [5.74, 6) is 0.176. The van der Waals surface area contributed by atoms with Crippen LogP contribution in [0.15, 0.2) is 157 Å². The van der Waals surface area contributed by atoms with Gasteiger partial charge in [0.05, 0.1) is 28.7 Å². The number of allylic oxidation sites excluding steroid dienone is 4. The minimum Gasteiger partial charge on any atom is -0.337 e. The third kappa shape index (κ3) is 4.35. The quantitative estimate of drug-likeness (QED) is 0.188. The SMILES string of the molecule is N#Cc1ccc(N(C2=CC=CCC2)C2C=Cc3ccc4c(-c5ccc6c(c5)c5ccccc5n6-c5ccccc5)ccc5c4c3C2C=C5)cc1. The Labute approximate surface area is 291 Å². The first-order valence-electron chi connectivity index (χ1n) is 17.5. The molecule has 0 radical (unpaired) electrons. The van der Waals surface area contributed by atoms with Crippen molar-refractivity contribution in [1.29, 1.82) is 5.26 Å². The van der Waals surface area contributed by atoms with Crippen LogP contribution in [0, 0.1) is 11.3 Å². The molecular weight excluding hydrogens is 607 g/mol. The van der Waals surface area contributed by atoms with Crippen LogP contribution in [-0.2, 0) is 0 Å². The fourth-order valence-corrected chi connectivity index (χ4v) is 8.58. The lowest BCUT2D eigenvalue weighted by Crippen LogP contribution is -2.39. The molecule has 0 N–H and O–H groups in total. The van der Waals surface area contributed by atoms with Gasteiger partial charge >= 0.3 is 0 Å². The Balaban J connectivity index is 1.13. The van der Waals surface area contributed by atoms with E-state index in [0.29, 0.717) is 5.56 Å². The maximum Gasteiger partial charge on any atom is 0.0991 e. The Kier molecular flexibility index (Phi) is 6.51. The summed E-state index contributed by atoms with van der Waals surface area (Å²) in [6, 6.07) is 46.1. The molecule has 3 aliphatic rings. The van der Waals surface area contributed by atoms with Gasteiger partial charge in [-0.2, -0.15) is 5.26 Å². The number of hydrogen-bond acceptors (Lipinski definition) is 2. The smallest absolute Gasteiger partial charge is 0.0991 e. The van der Waals surface area contributed by atoms with Gasteiger partial charge in [-0.3, -0.25) is 0 Å². The normalized spacial score (nSPS) is 17.3. The fourth-order valence-electron chi connectivity index (χ4n) is 8.58. The van der Waals surface area contributed by atoms with Crippen LogP contribution >= 0.6 is 0 Å². The molecule has 7 aromatic rings. The second-order valence-electron chi connectivity index (χ2n) is 13.5. The van der Waals surface area contributed by atoms with E-state index in [2.05, 4.69) is 167 Å². The topological polar surface area (TPSA) is 32.0 Å². The van der Waals surface area contributed by atoms with Crippen molar-refractivity contribution in [2.75, 3.05) is 4.90 Å². The highest BCUT2D eigenvalue weighted by Gasteiger charge is 2.35. The van der Waals surface area contributed by atoms with Crippen LogP contribution < -0.4 is 4.90 Å². The monoisotopic (exact) mass is 639 g/mol. The molecular formula is C47H33N3. The van der Waals surface area contributed by atoms with Crippen LogP contribution in [0.4, 0.5) is 5.69 Å². The van der Waals surface area contributed by atoms with E-state index in [-0.39, 0.29) is 12.0 Å². The molecule has 0 bridgehead atoms. The van der Waals surface area contributed by atoms with E-state index >= 15 is 0 Å². The van der Waals surface area contributed by atoms with Gasteiger partial charge in [0.1, 0.15) is 0 Å². The summed E-state index contributed by atoms with van der Waals surface area (Å²) in [7, 11) is 0. The number of anilines is 1. The Hall–Kier alpha value is -6.37. The first-order valence-corrected chi connectivity index (χ1v) is 17.5. The van der Waals surface area contributed by atoms with Gasteiger partial charge in [-0.15, -0.1) is 0 Å². The molecule has 1 aromatic heterocycles. The molecule has 0 amide bonds. The molecule has 0 spiro atoms. The largest absolute Gasteiger partial charge is 0.337 e. The number of rotatable bonds is 5. The Morgan fingerprint density at radius 1 is 0.700 bits per heavy atom. The molecule has 0 fully saturated rings. The zero-order valence-electron chi connectivity index (χ0n) is 27.5. The van der Waals surface area contributed by atoms with Crippen molar-refractivity contribution >= 4 is 50.4 Å². The third-order valence-corrected chi connectivity index (χ3v) is 10.8. The molecule has 236 valence electrons. The number of nitriles is 1. The van der Waals surface area contributed by atoms with E-state index in [1.807, 2.05) is 12.1 Å². The summed E-state index contributed by atoms with van der Waals surface area (Å²) in [4.78, 5) is 2.50. The molecule has 0 aliphatic heterocycles. The van der Waals surface area contributed by atoms with Gasteiger partial charge in [0.15, 0.2) is 0 Å². The number of fused-ring (bicyclic) bond motifs is 3. The molecule has 6 aromatic carbocycles. The van der Waals surface area contributed by atoms with Gasteiger partial charge < -0.3 is 9.47 Å². The van der Waals surface area contributed by atoms with Crippen molar-refractivity contribution in [2.45, 2.75) is 24.8 Å². The van der Waals surface area contributed by atoms with Crippen LogP contribution in [0.25, 0.3) is 61.5 Å². The average Bonchev–Trinajstić information content (AvgIpc) is 3.52. The van der Waals surface area contributed by atoms with E-state index in [1.54, 1.807) is 0 Å². The Morgan fingerprint density at radius 2 is 1.50 bits per heavy atom. The zero-order chi connectivity index (χ0) is 33.2. The van der Waals surface area contributed by atoms with Crippen LogP contribution in [0.1, 0.15) is 41.0 Å². The van der Waals surface area contributed by atoms with Crippen LogP contribution in [0.5, 0.6) is 0 Å². The number of benzene rings is 6. The summed E-state index contributed by atoms with van der Waals surface area (Å²) < 4.78 is 2.38. The molecule has 3 nitrogen and oxygen atoms in total. The molecule has 2 atom stereocenters. The average molecular weight is 640 g/mol. The third-order valence-electron chi connectivity index (χ3n) is 10.8. The van der Waals surface area contributed by atoms with Crippen molar-refractivity contribution in [3.05, 3.63) is 180 Å². The first-order chi connectivity index (χ1) is 24.8. The summed E-state index contributed by atoms with van der Waals surface area (Å²) in [6.07, 6.45) is 18.1. The molecule has 50 heavy (non-hydrogen) atoms. The Morgan fingerprint density at radius 3 is 2.34 bits per heavy atom. The standard InChI is InChI=1S/C47H33N3/c48-30-31-15-22-37(23-16-31)49(35-9-3-1-4-10-35)44-27-20-33-18-25-40-38(24-17-32-19-26-41(44)47(33)46(32)40)34-21-28-45-42(29-34)39-13-7-8-14-43(39)50(45)36-11-5-2-6-12-36/h1-3,5-9,11-29,41,44H,4,10H2. The van der Waals surface area contributed by atoms with E-state index in [0.717, 1.165) is 18.5 Å². The zero-order valence-corrected chi connectivity index (χ0v) is 27.5. The predicted octanol–water partition coefficient (Wildman–Crippen LogP) is 11.7. The highest BCUT2D eigenvalue weighted by atomic mass is 15.2. The number of aromatic nitrogens is 1. The van der Waals surface area contributed by atoms with E-state index in [1.165, 1.54) is 71.8 Å². The summed E-state index contributed by atoms with van der Waals surface area (Å²) >= 11 is 0. The maximum absolute atomic E-state index is 9.51. The summed E-state index contributed by atoms with van der Waals surface area (Å²) in [5, 5.41) is 14.7. The van der Waals surface area contributed by atoms with Crippen molar-refractivity contribution in [2.24, 2.45) is 0 Å². The van der Waals surface area contributed by atoms with E-state index < -0.39 is 0 Å². The van der Waals surface area contributed by atoms with Gasteiger partial charge in [-0.25, -0.2) is 0 Å². The van der Waals surface area contributed by atoms with Crippen molar-refractivity contribution in [3.8, 4) is 22.9 Å². The molecule has 1 heterocycles. The van der Waals surface area contributed by atoms with Gasteiger partial charge in [0, 0.05) is 33.8 Å². The highest BCUT2D eigenvalue weighted by molar-refractivity contribution is 6.12. The molecule has 0 saturated heterocycles. The van der Waals surface area contributed by atoms with Crippen molar-refractivity contribution < 1.29 is 0 Å². The fraction of sp³-hybridized carbons (Fsp3) is 0.0851. The molecule has 2 unspecified atom stereocenters. The number of para-hydroxylation sites is 2. The second-order valence-corrected chi connectivity index (χ2v) is 13.5. The van der Waals surface area contributed by atoms with Gasteiger partial charge in [-0.1, -0.05) is 103 Å². The number of hydrogen-bond donors (Lipinski definition) is 0. The first kappa shape index (κ1) is 28.6. The van der Waals surface area contributed by atoms with Crippen molar-refractivity contribution in [3.63, 3.8) is 0 Å². The lowest BCUT2D eigenvalue weighted by Gasteiger charge is -2.42. The van der Waals surface area contributed by atoms with Gasteiger partial charge in [0.25, 0.3) is 0 Å². The molecule has 3 heteroatoms. The lowest BCUT2D eigenvalue weighted by atomic mass is 9.74. The summed E-state index contributed by atoms with van der Waals surface area (Å²) in [6.45, 7) is 0. The maximum atomic E-state index is 9.51. The molecule has 0 saturated carbocycles. The summed E-state index contributed by atoms with van der Waals surface area (Å²) in [5.41, 5.74) is 13.2. The predicted molar refractivity (Wildman–Crippen MR) is 208 cm³/mol.